The highest BCUT2D eigenvalue weighted by Crippen LogP contribution is 2.40. The van der Waals surface area contributed by atoms with Gasteiger partial charge in [0.2, 0.25) is 11.7 Å². The van der Waals surface area contributed by atoms with E-state index in [-0.39, 0.29) is 12.3 Å². The van der Waals surface area contributed by atoms with Crippen LogP contribution in [0.2, 0.25) is 0 Å². The van der Waals surface area contributed by atoms with Crippen molar-refractivity contribution >= 4 is 5.91 Å². The van der Waals surface area contributed by atoms with Crippen LogP contribution in [0, 0.1) is 0 Å². The lowest BCUT2D eigenvalue weighted by Crippen LogP contribution is -2.31. The zero-order chi connectivity index (χ0) is 19.2. The molecule has 1 N–H and O–H groups in total. The summed E-state index contributed by atoms with van der Waals surface area (Å²) in [6.07, 6.45) is 3.64. The maximum Gasteiger partial charge on any atom is 0.224 e. The maximum atomic E-state index is 12.6. The molecule has 1 amide bonds. The van der Waals surface area contributed by atoms with Crippen LogP contribution in [0.25, 0.3) is 0 Å². The molecule has 5 heteroatoms. The lowest BCUT2D eigenvalue weighted by molar-refractivity contribution is -0.120. The summed E-state index contributed by atoms with van der Waals surface area (Å²) in [4.78, 5) is 12.6. The Labute approximate surface area is 160 Å². The summed E-state index contributed by atoms with van der Waals surface area (Å²) < 4.78 is 16.2. The molecular weight excluding hydrogens is 342 g/mol. The third kappa shape index (κ3) is 4.18. The number of aryl methyl sites for hydroxylation is 1. The van der Waals surface area contributed by atoms with Crippen molar-refractivity contribution < 1.29 is 19.0 Å². The first kappa shape index (κ1) is 19.1. The van der Waals surface area contributed by atoms with E-state index in [1.54, 1.807) is 27.4 Å². The molecule has 0 fully saturated rings. The first-order valence-corrected chi connectivity index (χ1v) is 9.30. The van der Waals surface area contributed by atoms with Crippen LogP contribution in [0.1, 0.15) is 35.4 Å². The molecule has 1 aliphatic carbocycles. The van der Waals surface area contributed by atoms with Crippen LogP contribution < -0.4 is 19.5 Å². The van der Waals surface area contributed by atoms with Gasteiger partial charge in [-0.05, 0) is 36.5 Å². The van der Waals surface area contributed by atoms with Crippen molar-refractivity contribution in [3.63, 3.8) is 0 Å². The zero-order valence-electron chi connectivity index (χ0n) is 16.2. The van der Waals surface area contributed by atoms with E-state index in [9.17, 15) is 4.79 Å². The van der Waals surface area contributed by atoms with Crippen LogP contribution >= 0.6 is 0 Å². The molecule has 0 heterocycles. The number of benzene rings is 2. The summed E-state index contributed by atoms with van der Waals surface area (Å²) in [7, 11) is 4.70. The van der Waals surface area contributed by atoms with Crippen molar-refractivity contribution in [2.45, 2.75) is 31.6 Å². The molecule has 0 aromatic heterocycles. The van der Waals surface area contributed by atoms with Gasteiger partial charge in [-0.1, -0.05) is 30.3 Å². The molecule has 0 spiro atoms. The van der Waals surface area contributed by atoms with Gasteiger partial charge in [0.05, 0.1) is 27.8 Å². The van der Waals surface area contributed by atoms with Gasteiger partial charge in [0.15, 0.2) is 11.5 Å². The number of carbonyl (C=O) groups is 1. The molecule has 0 bridgehead atoms. The Balaban J connectivity index is 1.67. The summed E-state index contributed by atoms with van der Waals surface area (Å²) in [5.74, 6) is 1.98. The van der Waals surface area contributed by atoms with Gasteiger partial charge in [0, 0.05) is 18.0 Å². The topological polar surface area (TPSA) is 56.8 Å². The monoisotopic (exact) mass is 369 g/mol. The van der Waals surface area contributed by atoms with Gasteiger partial charge >= 0.3 is 0 Å². The number of amides is 1. The highest BCUT2D eigenvalue weighted by Gasteiger charge is 2.21. The Morgan fingerprint density at radius 2 is 1.81 bits per heavy atom. The first-order chi connectivity index (χ1) is 13.2. The van der Waals surface area contributed by atoms with E-state index in [0.29, 0.717) is 29.7 Å². The van der Waals surface area contributed by atoms with Gasteiger partial charge in [0.25, 0.3) is 0 Å². The summed E-state index contributed by atoms with van der Waals surface area (Å²) in [5.41, 5.74) is 3.55. The van der Waals surface area contributed by atoms with Gasteiger partial charge in [-0.15, -0.1) is 0 Å². The number of carbonyl (C=O) groups excluding carboxylic acids is 1. The normalized spacial score (nSPS) is 15.6. The Kier molecular flexibility index (Phi) is 6.22. The second-order valence-corrected chi connectivity index (χ2v) is 6.76. The second kappa shape index (κ2) is 8.80. The van der Waals surface area contributed by atoms with Crippen LogP contribution in [-0.4, -0.2) is 33.8 Å². The standard InChI is InChI=1S/C22H27NO4/c1-25-19-12-11-16(21(26-2)22(19)27-3)13-20(24)23-14-17-9-6-8-15-7-4-5-10-18(15)17/h4-5,7,10-12,17H,6,8-9,13-14H2,1-3H3,(H,23,24)/t17-/m0/s1. The van der Waals surface area contributed by atoms with E-state index >= 15 is 0 Å². The Bertz CT molecular complexity index is 803. The fourth-order valence-corrected chi connectivity index (χ4v) is 3.84. The smallest absolute Gasteiger partial charge is 0.224 e. The van der Waals surface area contributed by atoms with Crippen molar-refractivity contribution in [2.75, 3.05) is 27.9 Å². The molecular formula is C22H27NO4. The Morgan fingerprint density at radius 3 is 2.56 bits per heavy atom. The molecule has 0 unspecified atom stereocenters. The van der Waals surface area contributed by atoms with Gasteiger partial charge in [-0.3, -0.25) is 4.79 Å². The molecule has 5 nitrogen and oxygen atoms in total. The van der Waals surface area contributed by atoms with Crippen molar-refractivity contribution in [1.29, 1.82) is 0 Å². The predicted molar refractivity (Wildman–Crippen MR) is 105 cm³/mol. The van der Waals surface area contributed by atoms with E-state index in [1.165, 1.54) is 17.5 Å². The van der Waals surface area contributed by atoms with E-state index in [4.69, 9.17) is 14.2 Å². The van der Waals surface area contributed by atoms with Crippen LogP contribution in [0.15, 0.2) is 36.4 Å². The van der Waals surface area contributed by atoms with Crippen LogP contribution in [-0.2, 0) is 17.6 Å². The summed E-state index contributed by atoms with van der Waals surface area (Å²) in [6.45, 7) is 0.658. The minimum absolute atomic E-state index is 0.0245. The molecule has 0 saturated heterocycles. The fourth-order valence-electron chi connectivity index (χ4n) is 3.84. The quantitative estimate of drug-likeness (QED) is 0.812. The molecule has 0 saturated carbocycles. The minimum atomic E-state index is -0.0245. The number of hydrogen-bond donors (Lipinski definition) is 1. The van der Waals surface area contributed by atoms with Crippen LogP contribution in [0.4, 0.5) is 0 Å². The molecule has 0 radical (unpaired) electrons. The Morgan fingerprint density at radius 1 is 1.04 bits per heavy atom. The third-order valence-corrected chi connectivity index (χ3v) is 5.18. The van der Waals surface area contributed by atoms with Crippen molar-refractivity contribution in [2.24, 2.45) is 0 Å². The highest BCUT2D eigenvalue weighted by molar-refractivity contribution is 5.80. The Hall–Kier alpha value is -2.69. The van der Waals surface area contributed by atoms with E-state index < -0.39 is 0 Å². The molecule has 1 aliphatic rings. The largest absolute Gasteiger partial charge is 0.493 e. The van der Waals surface area contributed by atoms with Crippen LogP contribution in [0.3, 0.4) is 0 Å². The lowest BCUT2D eigenvalue weighted by Gasteiger charge is -2.25. The fraction of sp³-hybridized carbons (Fsp3) is 0.409. The summed E-state index contributed by atoms with van der Waals surface area (Å²) in [5, 5.41) is 3.09. The molecule has 0 aliphatic heterocycles. The number of fused-ring (bicyclic) bond motifs is 1. The van der Waals surface area contributed by atoms with E-state index in [2.05, 4.69) is 29.6 Å². The average molecular weight is 369 g/mol. The first-order valence-electron chi connectivity index (χ1n) is 9.30. The maximum absolute atomic E-state index is 12.6. The van der Waals surface area contributed by atoms with Crippen LogP contribution in [0.5, 0.6) is 17.2 Å². The van der Waals surface area contributed by atoms with Gasteiger partial charge in [0.1, 0.15) is 0 Å². The molecule has 3 rings (SSSR count). The molecule has 144 valence electrons. The summed E-state index contributed by atoms with van der Waals surface area (Å²) in [6, 6.07) is 12.2. The van der Waals surface area contributed by atoms with Crippen molar-refractivity contribution in [3.05, 3.63) is 53.1 Å². The zero-order valence-corrected chi connectivity index (χ0v) is 16.2. The van der Waals surface area contributed by atoms with Gasteiger partial charge in [-0.2, -0.15) is 0 Å². The highest BCUT2D eigenvalue weighted by atomic mass is 16.5. The third-order valence-electron chi connectivity index (χ3n) is 5.18. The average Bonchev–Trinajstić information content (AvgIpc) is 2.71. The van der Waals surface area contributed by atoms with Gasteiger partial charge < -0.3 is 19.5 Å². The van der Waals surface area contributed by atoms with Crippen molar-refractivity contribution in [3.8, 4) is 17.2 Å². The molecule has 27 heavy (non-hydrogen) atoms. The number of rotatable bonds is 7. The second-order valence-electron chi connectivity index (χ2n) is 6.76. The number of ether oxygens (including phenoxy) is 3. The van der Waals surface area contributed by atoms with E-state index in [1.807, 2.05) is 6.07 Å². The minimum Gasteiger partial charge on any atom is -0.493 e. The van der Waals surface area contributed by atoms with E-state index in [0.717, 1.165) is 18.4 Å². The molecule has 2 aromatic rings. The number of hydrogen-bond acceptors (Lipinski definition) is 4. The predicted octanol–water partition coefficient (Wildman–Crippen LogP) is 3.49. The SMILES string of the molecule is COc1ccc(CC(=O)NC[C@@H]2CCCc3ccccc32)c(OC)c1OC. The number of nitrogens with one attached hydrogen (secondary N) is 1. The van der Waals surface area contributed by atoms with Crippen molar-refractivity contribution in [1.82, 2.24) is 5.32 Å². The lowest BCUT2D eigenvalue weighted by atomic mass is 9.83. The number of methoxy groups -OCH3 is 3. The molecule has 2 aromatic carbocycles. The van der Waals surface area contributed by atoms with Gasteiger partial charge in [-0.25, -0.2) is 0 Å². The molecule has 1 atom stereocenters. The summed E-state index contributed by atoms with van der Waals surface area (Å²) >= 11 is 0.